The Labute approximate surface area is 126 Å². The first-order chi connectivity index (χ1) is 9.71. The molecule has 2 heterocycles. The molecule has 3 rings (SSSR count). The quantitative estimate of drug-likeness (QED) is 0.923. The molecule has 114 valence electrons. The highest BCUT2D eigenvalue weighted by atomic mass is 16.5. The summed E-state index contributed by atoms with van der Waals surface area (Å²) in [4.78, 5) is 0. The topological polar surface area (TPSA) is 53.1 Å². The largest absolute Gasteiger partial charge is 0.369 e. The highest BCUT2D eigenvalue weighted by Gasteiger charge is 2.49. The van der Waals surface area contributed by atoms with E-state index < -0.39 is 0 Å². The van der Waals surface area contributed by atoms with Crippen molar-refractivity contribution >= 4 is 10.9 Å². The second-order valence-electron chi connectivity index (χ2n) is 7.33. The van der Waals surface area contributed by atoms with Crippen molar-refractivity contribution in [1.82, 2.24) is 9.78 Å². The average molecular weight is 287 g/mol. The molecule has 1 fully saturated rings. The number of hydrogen-bond acceptors (Lipinski definition) is 3. The zero-order chi connectivity index (χ0) is 15.4. The fourth-order valence-electron chi connectivity index (χ4n) is 3.84. The van der Waals surface area contributed by atoms with Crippen molar-refractivity contribution in [2.75, 3.05) is 0 Å². The fourth-order valence-corrected chi connectivity index (χ4v) is 3.84. The Morgan fingerprint density at radius 3 is 2.57 bits per heavy atom. The van der Waals surface area contributed by atoms with Gasteiger partial charge in [-0.05, 0) is 40.2 Å². The molecule has 0 amide bonds. The van der Waals surface area contributed by atoms with Crippen LogP contribution in [0.1, 0.15) is 45.9 Å². The van der Waals surface area contributed by atoms with Gasteiger partial charge in [0.2, 0.25) is 0 Å². The Kier molecular flexibility index (Phi) is 3.15. The van der Waals surface area contributed by atoms with Crippen LogP contribution in [-0.4, -0.2) is 21.0 Å². The van der Waals surface area contributed by atoms with Crippen LogP contribution >= 0.6 is 0 Å². The van der Waals surface area contributed by atoms with E-state index in [-0.39, 0.29) is 23.2 Å². The van der Waals surface area contributed by atoms with Gasteiger partial charge in [-0.25, -0.2) is 0 Å². The highest BCUT2D eigenvalue weighted by molar-refractivity contribution is 5.82. The second-order valence-corrected chi connectivity index (χ2v) is 7.33. The van der Waals surface area contributed by atoms with E-state index in [0.29, 0.717) is 0 Å². The van der Waals surface area contributed by atoms with E-state index in [2.05, 4.69) is 44.9 Å². The Hall–Kier alpha value is -1.39. The predicted octanol–water partition coefficient (Wildman–Crippen LogP) is 3.17. The molecule has 1 aliphatic heterocycles. The number of hydrogen-bond donors (Lipinski definition) is 1. The monoisotopic (exact) mass is 287 g/mol. The molecule has 2 N–H and O–H groups in total. The number of para-hydroxylation sites is 1. The number of aryl methyl sites for hydroxylation is 1. The number of benzene rings is 1. The number of ether oxygens (including phenoxy) is 1. The molecule has 1 aliphatic rings. The van der Waals surface area contributed by atoms with E-state index in [1.54, 1.807) is 0 Å². The van der Waals surface area contributed by atoms with Crippen LogP contribution in [0.15, 0.2) is 24.3 Å². The van der Waals surface area contributed by atoms with Crippen molar-refractivity contribution in [2.45, 2.75) is 51.4 Å². The van der Waals surface area contributed by atoms with Gasteiger partial charge in [-0.1, -0.05) is 18.2 Å². The van der Waals surface area contributed by atoms with Gasteiger partial charge in [-0.3, -0.25) is 4.68 Å². The minimum Gasteiger partial charge on any atom is -0.369 e. The van der Waals surface area contributed by atoms with E-state index >= 15 is 0 Å². The summed E-state index contributed by atoms with van der Waals surface area (Å²) in [6, 6.07) is 8.14. The Morgan fingerprint density at radius 2 is 1.95 bits per heavy atom. The van der Waals surface area contributed by atoms with Crippen molar-refractivity contribution in [2.24, 2.45) is 18.7 Å². The number of nitrogens with zero attached hydrogens (tertiary/aromatic N) is 2. The SMILES string of the molecule is Cn1nc(C(N)C2CC(C)(C)OC2(C)C)c2ccccc21. The van der Waals surface area contributed by atoms with Crippen LogP contribution < -0.4 is 5.73 Å². The van der Waals surface area contributed by atoms with Crippen LogP contribution in [0.3, 0.4) is 0 Å². The van der Waals surface area contributed by atoms with Gasteiger partial charge < -0.3 is 10.5 Å². The summed E-state index contributed by atoms with van der Waals surface area (Å²) in [7, 11) is 1.97. The van der Waals surface area contributed by atoms with E-state index in [4.69, 9.17) is 10.5 Å². The van der Waals surface area contributed by atoms with Crippen LogP contribution in [-0.2, 0) is 11.8 Å². The van der Waals surface area contributed by atoms with Gasteiger partial charge in [0.05, 0.1) is 28.5 Å². The summed E-state index contributed by atoms with van der Waals surface area (Å²) in [6.45, 7) is 8.55. The molecule has 1 saturated heterocycles. The molecule has 2 aromatic rings. The lowest BCUT2D eigenvalue weighted by Gasteiger charge is -2.30. The number of rotatable bonds is 2. The van der Waals surface area contributed by atoms with Crippen molar-refractivity contribution in [1.29, 1.82) is 0 Å². The van der Waals surface area contributed by atoms with Gasteiger partial charge in [-0.15, -0.1) is 0 Å². The van der Waals surface area contributed by atoms with Crippen molar-refractivity contribution in [3.8, 4) is 0 Å². The van der Waals surface area contributed by atoms with Crippen molar-refractivity contribution in [3.63, 3.8) is 0 Å². The van der Waals surface area contributed by atoms with Gasteiger partial charge in [0.25, 0.3) is 0 Å². The molecule has 1 aromatic heterocycles. The minimum absolute atomic E-state index is 0.118. The Balaban J connectivity index is 2.03. The van der Waals surface area contributed by atoms with Crippen molar-refractivity contribution < 1.29 is 4.74 Å². The molecular weight excluding hydrogens is 262 g/mol. The molecule has 2 unspecified atom stereocenters. The smallest absolute Gasteiger partial charge is 0.0874 e. The third-order valence-corrected chi connectivity index (χ3v) is 4.68. The summed E-state index contributed by atoms with van der Waals surface area (Å²) in [5.74, 6) is 0.255. The molecule has 0 saturated carbocycles. The normalized spacial score (nSPS) is 25.3. The van der Waals surface area contributed by atoms with Gasteiger partial charge in [-0.2, -0.15) is 5.10 Å². The first-order valence-electron chi connectivity index (χ1n) is 7.59. The lowest BCUT2D eigenvalue weighted by Crippen LogP contribution is -2.36. The molecule has 2 atom stereocenters. The van der Waals surface area contributed by atoms with E-state index in [0.717, 1.165) is 23.0 Å². The first-order valence-corrected chi connectivity index (χ1v) is 7.59. The maximum atomic E-state index is 6.62. The predicted molar refractivity (Wildman–Crippen MR) is 85.0 cm³/mol. The summed E-state index contributed by atoms with van der Waals surface area (Å²) in [5, 5.41) is 5.83. The van der Waals surface area contributed by atoms with Crippen LogP contribution in [0, 0.1) is 5.92 Å². The highest BCUT2D eigenvalue weighted by Crippen LogP contribution is 2.47. The summed E-state index contributed by atoms with van der Waals surface area (Å²) in [6.07, 6.45) is 0.950. The van der Waals surface area contributed by atoms with E-state index in [1.807, 2.05) is 23.9 Å². The average Bonchev–Trinajstić information content (AvgIpc) is 2.83. The molecule has 0 spiro atoms. The maximum absolute atomic E-state index is 6.62. The van der Waals surface area contributed by atoms with Gasteiger partial charge in [0.15, 0.2) is 0 Å². The maximum Gasteiger partial charge on any atom is 0.0874 e. The third kappa shape index (κ3) is 2.36. The Morgan fingerprint density at radius 1 is 1.29 bits per heavy atom. The zero-order valence-corrected chi connectivity index (χ0v) is 13.6. The fraction of sp³-hybridized carbons (Fsp3) is 0.588. The molecule has 21 heavy (non-hydrogen) atoms. The molecular formula is C17H25N3O. The zero-order valence-electron chi connectivity index (χ0n) is 13.6. The lowest BCUT2D eigenvalue weighted by atomic mass is 9.80. The number of aromatic nitrogens is 2. The summed E-state index contributed by atoms with van der Waals surface area (Å²) in [5.41, 5.74) is 8.36. The first kappa shape index (κ1) is 14.5. The van der Waals surface area contributed by atoms with Gasteiger partial charge >= 0.3 is 0 Å². The van der Waals surface area contributed by atoms with Gasteiger partial charge in [0.1, 0.15) is 0 Å². The standard InChI is InChI=1S/C17H25N3O/c1-16(2)10-12(17(3,4)21-16)14(18)15-11-8-6-7-9-13(11)20(5)19-15/h6-9,12,14H,10,18H2,1-5H3. The summed E-state index contributed by atoms with van der Waals surface area (Å²) < 4.78 is 8.11. The minimum atomic E-state index is -0.235. The van der Waals surface area contributed by atoms with E-state index in [1.165, 1.54) is 0 Å². The second kappa shape index (κ2) is 4.55. The number of fused-ring (bicyclic) bond motifs is 1. The molecule has 1 aromatic carbocycles. The van der Waals surface area contributed by atoms with Crippen molar-refractivity contribution in [3.05, 3.63) is 30.0 Å². The van der Waals surface area contributed by atoms with E-state index in [9.17, 15) is 0 Å². The molecule has 4 heteroatoms. The third-order valence-electron chi connectivity index (χ3n) is 4.68. The number of nitrogens with two attached hydrogens (primary N) is 1. The van der Waals surface area contributed by atoms with Gasteiger partial charge in [0, 0.05) is 18.4 Å². The van der Waals surface area contributed by atoms with Crippen LogP contribution in [0.25, 0.3) is 10.9 Å². The molecule has 0 aliphatic carbocycles. The molecule has 4 nitrogen and oxygen atoms in total. The summed E-state index contributed by atoms with van der Waals surface area (Å²) >= 11 is 0. The van der Waals surface area contributed by atoms with Crippen LogP contribution in [0.5, 0.6) is 0 Å². The molecule has 0 radical (unpaired) electrons. The Bertz CT molecular complexity index is 672. The lowest BCUT2D eigenvalue weighted by molar-refractivity contribution is -0.0768. The van der Waals surface area contributed by atoms with Crippen LogP contribution in [0.4, 0.5) is 0 Å². The molecule has 0 bridgehead atoms. The van der Waals surface area contributed by atoms with Crippen LogP contribution in [0.2, 0.25) is 0 Å².